The lowest BCUT2D eigenvalue weighted by Gasteiger charge is -2.22. The van der Waals surface area contributed by atoms with E-state index < -0.39 is 22.9 Å². The number of aliphatic hydroxyl groups excluding tert-OH is 1. The van der Waals surface area contributed by atoms with E-state index in [1.807, 2.05) is 165 Å². The Bertz CT molecular complexity index is 1810. The van der Waals surface area contributed by atoms with Crippen LogP contribution in [0, 0.1) is 5.92 Å². The third kappa shape index (κ3) is 12.0. The zero-order valence-corrected chi connectivity index (χ0v) is 31.0. The van der Waals surface area contributed by atoms with Gasteiger partial charge in [0.25, 0.3) is 0 Å². The number of thiol groups is 1. The van der Waals surface area contributed by atoms with E-state index in [2.05, 4.69) is 41.6 Å². The number of esters is 1. The molecule has 7 heteroatoms. The Morgan fingerprint density at radius 1 is 0.558 bits per heavy atom. The lowest BCUT2D eigenvalue weighted by atomic mass is 9.82. The van der Waals surface area contributed by atoms with Gasteiger partial charge in [-0.05, 0) is 33.4 Å². The van der Waals surface area contributed by atoms with Crippen molar-refractivity contribution in [2.24, 2.45) is 5.92 Å². The highest BCUT2D eigenvalue weighted by Gasteiger charge is 2.25. The monoisotopic (exact) mass is 728 g/mol. The van der Waals surface area contributed by atoms with Crippen LogP contribution in [-0.4, -0.2) is 33.3 Å². The molecule has 0 radical (unpaired) electrons. The van der Waals surface area contributed by atoms with Crippen molar-refractivity contribution in [3.8, 4) is 0 Å². The van der Waals surface area contributed by atoms with Gasteiger partial charge in [0.15, 0.2) is 5.12 Å². The number of aliphatic hydroxyl groups is 1. The van der Waals surface area contributed by atoms with Crippen molar-refractivity contribution in [3.05, 3.63) is 215 Å². The first-order chi connectivity index (χ1) is 25.3. The molecule has 0 aliphatic heterocycles. The number of methoxy groups -OCH3 is 1. The molecule has 52 heavy (non-hydrogen) atoms. The normalized spacial score (nSPS) is 11.8. The Morgan fingerprint density at radius 3 is 1.13 bits per heavy atom. The maximum Gasteiger partial charge on any atom is 0.318 e. The predicted octanol–water partition coefficient (Wildman–Crippen LogP) is 9.38. The van der Waals surface area contributed by atoms with Crippen LogP contribution in [0.3, 0.4) is 0 Å². The Hall–Kier alpha value is -5.08. The second-order valence-electron chi connectivity index (χ2n) is 12.0. The highest BCUT2D eigenvalue weighted by atomic mass is 32.2. The van der Waals surface area contributed by atoms with E-state index in [9.17, 15) is 18.9 Å². The number of carbonyl (C=O) groups is 2. The van der Waals surface area contributed by atoms with Crippen molar-refractivity contribution < 1.29 is 23.6 Å². The number of ether oxygens (including phenoxy) is 1. The van der Waals surface area contributed by atoms with Crippen LogP contribution < -0.4 is 0 Å². The fourth-order valence-corrected chi connectivity index (χ4v) is 7.29. The summed E-state index contributed by atoms with van der Waals surface area (Å²) in [6.07, 6.45) is -0.516. The van der Waals surface area contributed by atoms with E-state index >= 15 is 0 Å². The smallest absolute Gasteiger partial charge is 0.318 e. The molecule has 1 N–H and O–H groups in total. The first-order valence-electron chi connectivity index (χ1n) is 16.9. The Morgan fingerprint density at radius 2 is 0.846 bits per heavy atom. The lowest BCUT2D eigenvalue weighted by Crippen LogP contribution is -2.18. The number of benzene rings is 6. The maximum absolute atomic E-state index is 12.5. The first kappa shape index (κ1) is 39.7. The van der Waals surface area contributed by atoms with Gasteiger partial charge in [0.05, 0.1) is 12.4 Å². The summed E-state index contributed by atoms with van der Waals surface area (Å²) in [4.78, 5) is 23.0. The summed E-state index contributed by atoms with van der Waals surface area (Å²) in [5, 5.41) is 9.59. The van der Waals surface area contributed by atoms with Gasteiger partial charge < -0.3 is 9.84 Å². The van der Waals surface area contributed by atoms with Gasteiger partial charge in [-0.2, -0.15) is 0 Å². The lowest BCUT2D eigenvalue weighted by molar-refractivity contribution is -0.137. The minimum atomic E-state index is -1.36. The van der Waals surface area contributed by atoms with Gasteiger partial charge in [0, 0.05) is 22.6 Å². The fourth-order valence-electron chi connectivity index (χ4n) is 5.71. The Balaban J connectivity index is 0.000000177. The topological polar surface area (TPSA) is 80.7 Å². The molecular weight excluding hydrogens is 685 g/mol. The molecular formula is C45H44O5S2. The minimum Gasteiger partial charge on any atom is -0.468 e. The van der Waals surface area contributed by atoms with Crippen LogP contribution in [0.25, 0.3) is 0 Å². The molecule has 6 rings (SSSR count). The molecule has 0 saturated heterocycles. The van der Waals surface area contributed by atoms with Gasteiger partial charge in [-0.1, -0.05) is 189 Å². The number of rotatable bonds is 11. The molecule has 0 aromatic heterocycles. The van der Waals surface area contributed by atoms with Crippen molar-refractivity contribution >= 4 is 34.5 Å². The van der Waals surface area contributed by atoms with Crippen LogP contribution in [0.2, 0.25) is 0 Å². The van der Waals surface area contributed by atoms with Crippen LogP contribution in [-0.2, 0) is 25.1 Å². The molecule has 0 spiro atoms. The SMILES string of the molecule is CC(C(=O)S)C(c1ccccc1)c1ccccc1.COC(=O)CS(=O)C(c1ccccc1)c1ccccc1.OC(c1ccccc1)c1ccccc1. The van der Waals surface area contributed by atoms with E-state index in [4.69, 9.17) is 0 Å². The van der Waals surface area contributed by atoms with E-state index in [-0.39, 0.29) is 28.0 Å². The third-order valence-electron chi connectivity index (χ3n) is 8.39. The molecule has 0 heterocycles. The van der Waals surface area contributed by atoms with Gasteiger partial charge in [-0.15, -0.1) is 12.6 Å². The maximum atomic E-state index is 12.5. The summed E-state index contributed by atoms with van der Waals surface area (Å²) in [7, 11) is -0.0591. The minimum absolute atomic E-state index is 0.0670. The fraction of sp³-hybridized carbons (Fsp3) is 0.156. The second-order valence-corrected chi connectivity index (χ2v) is 13.9. The third-order valence-corrected chi connectivity index (χ3v) is 10.4. The molecule has 0 amide bonds. The molecule has 0 aliphatic rings. The zero-order valence-electron chi connectivity index (χ0n) is 29.3. The average molecular weight is 729 g/mol. The second kappa shape index (κ2) is 21.3. The Labute approximate surface area is 315 Å². The molecule has 5 nitrogen and oxygen atoms in total. The first-order valence-corrected chi connectivity index (χ1v) is 18.8. The molecule has 2 atom stereocenters. The zero-order chi connectivity index (χ0) is 37.1. The largest absolute Gasteiger partial charge is 0.468 e. The van der Waals surface area contributed by atoms with Gasteiger partial charge in [-0.3, -0.25) is 13.8 Å². The van der Waals surface area contributed by atoms with Crippen LogP contribution in [0.5, 0.6) is 0 Å². The van der Waals surface area contributed by atoms with Crippen molar-refractivity contribution in [2.45, 2.75) is 24.2 Å². The van der Waals surface area contributed by atoms with E-state index in [0.29, 0.717) is 0 Å². The molecule has 0 fully saturated rings. The predicted molar refractivity (Wildman–Crippen MR) is 215 cm³/mol. The molecule has 0 saturated carbocycles. The molecule has 2 unspecified atom stereocenters. The molecule has 0 aliphatic carbocycles. The van der Waals surface area contributed by atoms with Crippen LogP contribution in [0.4, 0.5) is 0 Å². The molecule has 6 aromatic carbocycles. The summed E-state index contributed by atoms with van der Waals surface area (Å²) < 4.78 is 17.1. The average Bonchev–Trinajstić information content (AvgIpc) is 3.20. The highest BCUT2D eigenvalue weighted by molar-refractivity contribution is 7.96. The van der Waals surface area contributed by atoms with Crippen molar-refractivity contribution in [3.63, 3.8) is 0 Å². The van der Waals surface area contributed by atoms with Crippen molar-refractivity contribution in [1.82, 2.24) is 0 Å². The van der Waals surface area contributed by atoms with Gasteiger partial charge in [0.2, 0.25) is 0 Å². The molecule has 266 valence electrons. The van der Waals surface area contributed by atoms with Gasteiger partial charge in [0.1, 0.15) is 11.9 Å². The van der Waals surface area contributed by atoms with Crippen molar-refractivity contribution in [2.75, 3.05) is 12.9 Å². The van der Waals surface area contributed by atoms with Gasteiger partial charge >= 0.3 is 5.97 Å². The number of carbonyl (C=O) groups excluding carboxylic acids is 2. The van der Waals surface area contributed by atoms with Crippen molar-refractivity contribution in [1.29, 1.82) is 0 Å². The standard InChI is InChI=1S/C16H16O3S.C16H16OS.C13H12O/c1-19-15(17)12-20(18)16(13-8-4-2-5-9-13)14-10-6-3-7-11-14;1-12(16(17)18)15(13-8-4-2-5-9-13)14-10-6-3-7-11-14;14-13(11-7-3-1-4-8-11)12-9-5-2-6-10-12/h2-11,16H,12H2,1H3;2-12,15H,1H3,(H,17,18);1-10,13-14H. The van der Waals surface area contributed by atoms with E-state index in [1.54, 1.807) is 0 Å². The van der Waals surface area contributed by atoms with E-state index in [0.717, 1.165) is 33.4 Å². The van der Waals surface area contributed by atoms with Crippen LogP contribution >= 0.6 is 12.6 Å². The Kier molecular flexibility index (Phi) is 16.3. The van der Waals surface area contributed by atoms with Crippen LogP contribution in [0.1, 0.15) is 57.6 Å². The summed E-state index contributed by atoms with van der Waals surface area (Å²) >= 11 is 3.99. The molecule has 6 aromatic rings. The summed E-state index contributed by atoms with van der Waals surface area (Å²) in [6, 6.07) is 58.7. The van der Waals surface area contributed by atoms with Gasteiger partial charge in [-0.25, -0.2) is 0 Å². The number of hydrogen-bond acceptors (Lipinski definition) is 5. The summed E-state index contributed by atoms with van der Waals surface area (Å²) in [6.45, 7) is 1.93. The molecule has 0 bridgehead atoms. The highest BCUT2D eigenvalue weighted by Crippen LogP contribution is 2.33. The quantitative estimate of drug-likeness (QED) is 0.103. The summed E-state index contributed by atoms with van der Waals surface area (Å²) in [5.41, 5.74) is 6.02. The van der Waals surface area contributed by atoms with Crippen LogP contribution in [0.15, 0.2) is 182 Å². The number of hydrogen-bond donors (Lipinski definition) is 2. The summed E-state index contributed by atoms with van der Waals surface area (Å²) in [5.74, 6) is -0.638. The van der Waals surface area contributed by atoms with E-state index in [1.165, 1.54) is 7.11 Å².